The molecule has 0 amide bonds. The van der Waals surface area contributed by atoms with Crippen LogP contribution in [0.3, 0.4) is 0 Å². The third-order valence-electron chi connectivity index (χ3n) is 7.31. The fourth-order valence-corrected chi connectivity index (χ4v) is 7.38. The fourth-order valence-electron chi connectivity index (χ4n) is 5.60. The number of sulfonamides is 1. The Bertz CT molecular complexity index is 1540. The van der Waals surface area contributed by atoms with Gasteiger partial charge in [0.1, 0.15) is 23.2 Å². The molecule has 0 saturated carbocycles. The molecule has 0 bridgehead atoms. The van der Waals surface area contributed by atoms with Gasteiger partial charge >= 0.3 is 0 Å². The molecule has 3 heterocycles. The summed E-state index contributed by atoms with van der Waals surface area (Å²) in [6, 6.07) is 22.9. The molecule has 0 N–H and O–H groups in total. The monoisotopic (exact) mass is 501 g/mol. The second-order valence-electron chi connectivity index (χ2n) is 9.09. The summed E-state index contributed by atoms with van der Waals surface area (Å²) in [6.07, 6.45) is 2.09. The van der Waals surface area contributed by atoms with Gasteiger partial charge in [-0.25, -0.2) is 8.42 Å². The number of hydrogen-bond acceptors (Lipinski definition) is 6. The summed E-state index contributed by atoms with van der Waals surface area (Å²) in [6.45, 7) is 1.14. The van der Waals surface area contributed by atoms with Crippen LogP contribution >= 0.6 is 0 Å². The second-order valence-corrected chi connectivity index (χ2v) is 10.9. The van der Waals surface area contributed by atoms with Crippen molar-refractivity contribution in [3.8, 4) is 11.5 Å². The molecule has 0 aliphatic carbocycles. The third-order valence-corrected chi connectivity index (χ3v) is 9.18. The van der Waals surface area contributed by atoms with Crippen molar-refractivity contribution in [3.63, 3.8) is 0 Å². The highest BCUT2D eigenvalue weighted by atomic mass is 32.2. The van der Waals surface area contributed by atoms with Crippen LogP contribution in [-0.4, -0.2) is 49.9 Å². The Hall–Kier alpha value is -3.46. The molecule has 0 unspecified atom stereocenters. The first-order valence-corrected chi connectivity index (χ1v) is 13.4. The molecule has 3 aromatic carbocycles. The van der Waals surface area contributed by atoms with E-state index in [0.29, 0.717) is 23.2 Å². The molecule has 7 nitrogen and oxygen atoms in total. The molecule has 36 heavy (non-hydrogen) atoms. The van der Waals surface area contributed by atoms with Gasteiger partial charge in [0.05, 0.1) is 25.2 Å². The second kappa shape index (κ2) is 8.89. The van der Waals surface area contributed by atoms with Crippen molar-refractivity contribution in [2.75, 3.05) is 27.3 Å². The predicted molar refractivity (Wildman–Crippen MR) is 138 cm³/mol. The van der Waals surface area contributed by atoms with Crippen molar-refractivity contribution < 1.29 is 17.9 Å². The van der Waals surface area contributed by atoms with Gasteiger partial charge in [0.25, 0.3) is 0 Å². The molecule has 2 aliphatic heterocycles. The van der Waals surface area contributed by atoms with Crippen molar-refractivity contribution in [3.05, 3.63) is 95.7 Å². The number of benzene rings is 3. The minimum absolute atomic E-state index is 0.0283. The van der Waals surface area contributed by atoms with Crippen molar-refractivity contribution in [1.82, 2.24) is 14.2 Å². The third kappa shape index (κ3) is 3.56. The number of nitrogens with zero attached hydrogens (tertiary/aromatic N) is 3. The number of ether oxygens (including phenoxy) is 2. The molecule has 2 atom stereocenters. The van der Waals surface area contributed by atoms with Crippen molar-refractivity contribution in [1.29, 1.82) is 0 Å². The van der Waals surface area contributed by atoms with Crippen LogP contribution in [-0.2, 0) is 16.4 Å². The van der Waals surface area contributed by atoms with Gasteiger partial charge in [0.15, 0.2) is 0 Å². The van der Waals surface area contributed by atoms with E-state index in [2.05, 4.69) is 28.1 Å². The maximum absolute atomic E-state index is 14.4. The molecule has 1 fully saturated rings. The molecular formula is C28H27N3O4S. The Morgan fingerprint density at radius 2 is 1.72 bits per heavy atom. The Morgan fingerprint density at radius 3 is 2.50 bits per heavy atom. The lowest BCUT2D eigenvalue weighted by atomic mass is 9.93. The Balaban J connectivity index is 1.51. The van der Waals surface area contributed by atoms with Crippen LogP contribution in [0.2, 0.25) is 0 Å². The van der Waals surface area contributed by atoms with Gasteiger partial charge in [-0.05, 0) is 59.5 Å². The Labute approximate surface area is 210 Å². The number of methoxy groups -OCH3 is 2. The van der Waals surface area contributed by atoms with Crippen LogP contribution in [0, 0.1) is 0 Å². The zero-order valence-electron chi connectivity index (χ0n) is 20.2. The zero-order valence-corrected chi connectivity index (χ0v) is 21.0. The van der Waals surface area contributed by atoms with Crippen LogP contribution in [0.1, 0.15) is 28.9 Å². The lowest BCUT2D eigenvalue weighted by Crippen LogP contribution is -2.37. The summed E-state index contributed by atoms with van der Waals surface area (Å²) in [5.74, 6) is 1.28. The number of fused-ring (bicyclic) bond motifs is 4. The van der Waals surface area contributed by atoms with E-state index in [1.54, 1.807) is 49.0 Å². The lowest BCUT2D eigenvalue weighted by molar-refractivity contribution is 0.154. The molecule has 0 radical (unpaired) electrons. The summed E-state index contributed by atoms with van der Waals surface area (Å²) in [5, 5.41) is 0.551. The fraction of sp³-hybridized carbons (Fsp3) is 0.250. The van der Waals surface area contributed by atoms with Crippen LogP contribution in [0.25, 0.3) is 10.9 Å². The van der Waals surface area contributed by atoms with E-state index in [4.69, 9.17) is 9.47 Å². The Kier molecular flexibility index (Phi) is 5.67. The van der Waals surface area contributed by atoms with Crippen molar-refractivity contribution in [2.24, 2.45) is 0 Å². The first kappa shape index (κ1) is 23.0. The molecule has 1 saturated heterocycles. The minimum Gasteiger partial charge on any atom is -0.497 e. The standard InChI is InChI=1S/C28H27N3O4S/c1-34-21-11-9-20(10-12-21)28-30-17-15-19-6-3-4-7-22(19)24(30)18-31(28)36(32,33)26-14-13-25(35-2)27-23(26)8-5-16-29-27/h3-14,16,24,28H,15,17-18H2,1-2H3/t24-,28-/m0/s1. The lowest BCUT2D eigenvalue weighted by Gasteiger charge is -2.35. The van der Waals surface area contributed by atoms with Crippen LogP contribution in [0.5, 0.6) is 11.5 Å². The van der Waals surface area contributed by atoms with Crippen LogP contribution in [0.15, 0.2) is 83.9 Å². The molecule has 0 spiro atoms. The van der Waals surface area contributed by atoms with Gasteiger partial charge in [-0.1, -0.05) is 36.4 Å². The van der Waals surface area contributed by atoms with Gasteiger partial charge in [-0.3, -0.25) is 9.88 Å². The number of hydrogen-bond donors (Lipinski definition) is 0. The molecule has 184 valence electrons. The largest absolute Gasteiger partial charge is 0.497 e. The topological polar surface area (TPSA) is 72.0 Å². The summed E-state index contributed by atoms with van der Waals surface area (Å²) >= 11 is 0. The van der Waals surface area contributed by atoms with Gasteiger partial charge in [0, 0.05) is 24.7 Å². The van der Waals surface area contributed by atoms with Gasteiger partial charge < -0.3 is 9.47 Å². The Morgan fingerprint density at radius 1 is 0.917 bits per heavy atom. The van der Waals surface area contributed by atoms with Crippen molar-refractivity contribution in [2.45, 2.75) is 23.5 Å². The van der Waals surface area contributed by atoms with Crippen LogP contribution in [0.4, 0.5) is 0 Å². The first-order chi connectivity index (χ1) is 17.5. The van der Waals surface area contributed by atoms with Gasteiger partial charge in [-0.15, -0.1) is 0 Å². The molecule has 1 aromatic heterocycles. The molecule has 8 heteroatoms. The maximum atomic E-state index is 14.4. The highest BCUT2D eigenvalue weighted by molar-refractivity contribution is 7.89. The van der Waals surface area contributed by atoms with E-state index in [1.807, 2.05) is 30.3 Å². The quantitative estimate of drug-likeness (QED) is 0.399. The van der Waals surface area contributed by atoms with E-state index in [9.17, 15) is 8.42 Å². The average molecular weight is 502 g/mol. The van der Waals surface area contributed by atoms with Crippen molar-refractivity contribution >= 4 is 20.9 Å². The van der Waals surface area contributed by atoms with E-state index >= 15 is 0 Å². The molecular weight excluding hydrogens is 474 g/mol. The minimum atomic E-state index is -3.90. The SMILES string of the molecule is COc1ccc([C@H]2N3CCc4ccccc4[C@@H]3CN2S(=O)(=O)c2ccc(OC)c3ncccc23)cc1. The maximum Gasteiger partial charge on any atom is 0.245 e. The first-order valence-electron chi connectivity index (χ1n) is 11.9. The van der Waals surface area contributed by atoms with Gasteiger partial charge in [0.2, 0.25) is 10.0 Å². The summed E-state index contributed by atoms with van der Waals surface area (Å²) in [4.78, 5) is 6.96. The molecule has 6 rings (SSSR count). The zero-order chi connectivity index (χ0) is 24.9. The molecule has 4 aromatic rings. The van der Waals surface area contributed by atoms with E-state index in [-0.39, 0.29) is 10.9 Å². The smallest absolute Gasteiger partial charge is 0.245 e. The number of aromatic nitrogens is 1. The predicted octanol–water partition coefficient (Wildman–Crippen LogP) is 4.55. The number of rotatable bonds is 5. The normalized spacial score (nSPS) is 20.2. The summed E-state index contributed by atoms with van der Waals surface area (Å²) < 4.78 is 41.3. The van der Waals surface area contributed by atoms with Gasteiger partial charge in [-0.2, -0.15) is 4.31 Å². The highest BCUT2D eigenvalue weighted by Crippen LogP contribution is 2.47. The van der Waals surface area contributed by atoms with E-state index in [0.717, 1.165) is 24.3 Å². The summed E-state index contributed by atoms with van der Waals surface area (Å²) in [5.41, 5.74) is 3.92. The molecule has 2 aliphatic rings. The number of pyridine rings is 1. The summed E-state index contributed by atoms with van der Waals surface area (Å²) in [7, 11) is -0.710. The van der Waals surface area contributed by atoms with Crippen LogP contribution < -0.4 is 9.47 Å². The average Bonchev–Trinajstić information content (AvgIpc) is 3.33. The van der Waals surface area contributed by atoms with E-state index in [1.165, 1.54) is 11.1 Å². The van der Waals surface area contributed by atoms with E-state index < -0.39 is 16.2 Å². The highest BCUT2D eigenvalue weighted by Gasteiger charge is 2.48.